The van der Waals surface area contributed by atoms with Gasteiger partial charge in [-0.1, -0.05) is 0 Å². The lowest BCUT2D eigenvalue weighted by atomic mass is 10.3. The average molecular weight is 177 g/mol. The molecule has 0 amide bonds. The van der Waals surface area contributed by atoms with Gasteiger partial charge in [0, 0.05) is 6.21 Å². The summed E-state index contributed by atoms with van der Waals surface area (Å²) in [6.45, 7) is 0.460. The van der Waals surface area contributed by atoms with E-state index in [4.69, 9.17) is 5.11 Å². The maximum absolute atomic E-state index is 10.6. The molecule has 0 aromatic rings. The van der Waals surface area contributed by atoms with E-state index in [2.05, 4.69) is 10.1 Å². The lowest BCUT2D eigenvalue weighted by Crippen LogP contribution is -2.30. The molecule has 0 atom stereocenters. The molecule has 0 bridgehead atoms. The summed E-state index contributed by atoms with van der Waals surface area (Å²) in [7, 11) is 0. The van der Waals surface area contributed by atoms with Gasteiger partial charge >= 0.3 is 5.97 Å². The van der Waals surface area contributed by atoms with Crippen LogP contribution in [0.25, 0.3) is 0 Å². The van der Waals surface area contributed by atoms with Gasteiger partial charge in [-0.05, 0) is 18.2 Å². The Bertz CT molecular complexity index is 366. The van der Waals surface area contributed by atoms with Crippen LogP contribution < -0.4 is 0 Å². The first-order chi connectivity index (χ1) is 6.27. The predicted molar refractivity (Wildman–Crippen MR) is 47.5 cm³/mol. The fourth-order valence-electron chi connectivity index (χ4n) is 1.11. The second-order valence-corrected chi connectivity index (χ2v) is 2.57. The molecular weight excluding hydrogens is 170 g/mol. The van der Waals surface area contributed by atoms with Crippen LogP contribution >= 0.6 is 0 Å². The molecule has 5 nitrogen and oxygen atoms in total. The Labute approximate surface area is 74.4 Å². The van der Waals surface area contributed by atoms with E-state index >= 15 is 0 Å². The van der Waals surface area contributed by atoms with E-state index in [-0.39, 0.29) is 5.70 Å². The zero-order chi connectivity index (χ0) is 9.26. The Kier molecular flexibility index (Phi) is 1.70. The average Bonchev–Trinajstić information content (AvgIpc) is 2.17. The van der Waals surface area contributed by atoms with Crippen molar-refractivity contribution in [2.24, 2.45) is 10.1 Å². The number of fused-ring (bicyclic) bond motifs is 1. The molecule has 0 fully saturated rings. The maximum atomic E-state index is 10.6. The van der Waals surface area contributed by atoms with E-state index in [9.17, 15) is 4.79 Å². The molecule has 66 valence electrons. The Morgan fingerprint density at radius 3 is 3.23 bits per heavy atom. The summed E-state index contributed by atoms with van der Waals surface area (Å²) < 4.78 is 0. The second kappa shape index (κ2) is 2.85. The number of aliphatic imine (C=N–C) groups is 1. The van der Waals surface area contributed by atoms with Gasteiger partial charge in [0.15, 0.2) is 0 Å². The maximum Gasteiger partial charge on any atom is 0.354 e. The summed E-state index contributed by atoms with van der Waals surface area (Å²) >= 11 is 0. The number of carbonyl (C=O) groups is 1. The Balaban J connectivity index is 2.30. The third-order valence-electron chi connectivity index (χ3n) is 1.71. The smallest absolute Gasteiger partial charge is 0.354 e. The fraction of sp³-hybridized carbons (Fsp3) is 0.125. The van der Waals surface area contributed by atoms with Crippen LogP contribution in [-0.2, 0) is 4.79 Å². The first kappa shape index (κ1) is 7.72. The van der Waals surface area contributed by atoms with Crippen molar-refractivity contribution in [2.45, 2.75) is 0 Å². The number of hydrogen-bond acceptors (Lipinski definition) is 4. The Hall–Kier alpha value is -1.91. The number of allylic oxidation sites excluding steroid dienone is 1. The van der Waals surface area contributed by atoms with Gasteiger partial charge in [0.25, 0.3) is 0 Å². The number of hydrogen-bond donors (Lipinski definition) is 1. The number of nitrogens with zero attached hydrogens (tertiary/aromatic N) is 3. The zero-order valence-corrected chi connectivity index (χ0v) is 6.71. The lowest BCUT2D eigenvalue weighted by molar-refractivity contribution is -0.132. The van der Waals surface area contributed by atoms with Crippen molar-refractivity contribution in [3.05, 3.63) is 23.9 Å². The van der Waals surface area contributed by atoms with Gasteiger partial charge in [0.2, 0.25) is 0 Å². The van der Waals surface area contributed by atoms with Gasteiger partial charge in [-0.15, -0.1) is 0 Å². The third-order valence-corrected chi connectivity index (χ3v) is 1.71. The van der Waals surface area contributed by atoms with Crippen LogP contribution in [0.1, 0.15) is 0 Å². The van der Waals surface area contributed by atoms with Gasteiger partial charge < -0.3 is 5.11 Å². The van der Waals surface area contributed by atoms with Crippen LogP contribution in [0.3, 0.4) is 0 Å². The molecule has 0 saturated heterocycles. The standard InChI is InChI=1S/C8H7N3O2/c12-8(13)6-3-5-11-7(10-6)2-1-4-9-11/h1-4H,5H2,(H,12,13). The highest BCUT2D eigenvalue weighted by Gasteiger charge is 2.17. The molecule has 0 saturated carbocycles. The highest BCUT2D eigenvalue weighted by atomic mass is 16.4. The molecule has 2 aliphatic rings. The monoisotopic (exact) mass is 177 g/mol. The molecule has 0 radical (unpaired) electrons. The number of aliphatic carboxylic acids is 1. The molecular formula is C8H7N3O2. The van der Waals surface area contributed by atoms with E-state index in [1.165, 1.54) is 6.08 Å². The molecule has 0 unspecified atom stereocenters. The number of hydrazone groups is 1. The van der Waals surface area contributed by atoms with E-state index < -0.39 is 5.97 Å². The predicted octanol–water partition coefficient (Wildman–Crippen LogP) is 0.225. The SMILES string of the molecule is O=C(O)C1=CCN2N=CC=CC2=N1. The Morgan fingerprint density at radius 1 is 1.62 bits per heavy atom. The first-order valence-corrected chi connectivity index (χ1v) is 3.78. The molecule has 2 aliphatic heterocycles. The van der Waals surface area contributed by atoms with E-state index in [1.54, 1.807) is 23.4 Å². The molecule has 0 spiro atoms. The summed E-state index contributed by atoms with van der Waals surface area (Å²) in [5.74, 6) is -0.433. The number of carboxylic acids is 1. The van der Waals surface area contributed by atoms with Crippen LogP contribution in [0.4, 0.5) is 0 Å². The molecule has 2 rings (SSSR count). The van der Waals surface area contributed by atoms with Crippen molar-refractivity contribution in [3.63, 3.8) is 0 Å². The summed E-state index contributed by atoms with van der Waals surface area (Å²) in [4.78, 5) is 14.5. The third kappa shape index (κ3) is 1.35. The van der Waals surface area contributed by atoms with Crippen molar-refractivity contribution < 1.29 is 9.90 Å². The van der Waals surface area contributed by atoms with Crippen LogP contribution in [0.15, 0.2) is 34.0 Å². The highest BCUT2D eigenvalue weighted by Crippen LogP contribution is 2.11. The molecule has 1 N–H and O–H groups in total. The minimum atomic E-state index is -1.00. The van der Waals surface area contributed by atoms with E-state index in [0.717, 1.165) is 0 Å². The lowest BCUT2D eigenvalue weighted by Gasteiger charge is -2.22. The number of rotatable bonds is 1. The molecule has 13 heavy (non-hydrogen) atoms. The van der Waals surface area contributed by atoms with Crippen LogP contribution in [-0.4, -0.2) is 34.7 Å². The number of carboxylic acid groups (broad SMARTS) is 1. The summed E-state index contributed by atoms with van der Waals surface area (Å²) in [6.07, 6.45) is 6.62. The first-order valence-electron chi connectivity index (χ1n) is 3.78. The Morgan fingerprint density at radius 2 is 2.46 bits per heavy atom. The number of amidine groups is 1. The zero-order valence-electron chi connectivity index (χ0n) is 6.71. The summed E-state index contributed by atoms with van der Waals surface area (Å²) in [6, 6.07) is 0. The topological polar surface area (TPSA) is 65.3 Å². The van der Waals surface area contributed by atoms with Gasteiger partial charge in [0.05, 0.1) is 6.54 Å². The van der Waals surface area contributed by atoms with Crippen molar-refractivity contribution >= 4 is 18.0 Å². The molecule has 0 aromatic carbocycles. The fourth-order valence-corrected chi connectivity index (χ4v) is 1.11. The molecule has 0 aliphatic carbocycles. The van der Waals surface area contributed by atoms with Crippen molar-refractivity contribution in [2.75, 3.05) is 6.54 Å². The van der Waals surface area contributed by atoms with Crippen LogP contribution in [0.5, 0.6) is 0 Å². The van der Waals surface area contributed by atoms with Crippen LogP contribution in [0.2, 0.25) is 0 Å². The molecule has 5 heteroatoms. The van der Waals surface area contributed by atoms with E-state index in [1.807, 2.05) is 0 Å². The van der Waals surface area contributed by atoms with E-state index in [0.29, 0.717) is 12.4 Å². The summed E-state index contributed by atoms with van der Waals surface area (Å²) in [5.41, 5.74) is 0.0769. The normalized spacial score (nSPS) is 19.2. The largest absolute Gasteiger partial charge is 0.477 e. The minimum absolute atomic E-state index is 0.0769. The van der Waals surface area contributed by atoms with Gasteiger partial charge in [-0.25, -0.2) is 14.8 Å². The highest BCUT2D eigenvalue weighted by molar-refractivity contribution is 6.02. The molecule has 2 heterocycles. The quantitative estimate of drug-likeness (QED) is 0.623. The van der Waals surface area contributed by atoms with Gasteiger partial charge in [0.1, 0.15) is 11.5 Å². The summed E-state index contributed by atoms with van der Waals surface area (Å²) in [5, 5.41) is 14.3. The molecule has 0 aromatic heterocycles. The second-order valence-electron chi connectivity index (χ2n) is 2.57. The van der Waals surface area contributed by atoms with Crippen molar-refractivity contribution in [1.29, 1.82) is 0 Å². The van der Waals surface area contributed by atoms with Gasteiger partial charge in [-0.2, -0.15) is 5.10 Å². The van der Waals surface area contributed by atoms with Crippen molar-refractivity contribution in [1.82, 2.24) is 5.01 Å². The van der Waals surface area contributed by atoms with Gasteiger partial charge in [-0.3, -0.25) is 0 Å². The minimum Gasteiger partial charge on any atom is -0.477 e. The van der Waals surface area contributed by atoms with Crippen LogP contribution in [0, 0.1) is 0 Å². The van der Waals surface area contributed by atoms with Crippen molar-refractivity contribution in [3.8, 4) is 0 Å².